The molecule has 3 aromatic rings. The molecule has 4 nitrogen and oxygen atoms in total. The second-order valence-corrected chi connectivity index (χ2v) is 9.61. The number of aryl methyl sites for hydroxylation is 2. The lowest BCUT2D eigenvalue weighted by Crippen LogP contribution is -2.17. The molecule has 28 heavy (non-hydrogen) atoms. The zero-order valence-electron chi connectivity index (χ0n) is 18.3. The normalized spacial score (nSPS) is 13.0. The summed E-state index contributed by atoms with van der Waals surface area (Å²) in [5.74, 6) is 1.38. The first-order valence-corrected chi connectivity index (χ1v) is 9.73. The quantitative estimate of drug-likeness (QED) is 0.562. The van der Waals surface area contributed by atoms with Gasteiger partial charge in [0.2, 0.25) is 0 Å². The summed E-state index contributed by atoms with van der Waals surface area (Å²) in [7, 11) is 2.02. The van der Waals surface area contributed by atoms with Crippen molar-refractivity contribution in [2.75, 3.05) is 0 Å². The van der Waals surface area contributed by atoms with E-state index >= 15 is 0 Å². The Bertz CT molecular complexity index is 1020. The van der Waals surface area contributed by atoms with E-state index in [-0.39, 0.29) is 10.8 Å². The summed E-state index contributed by atoms with van der Waals surface area (Å²) in [6, 6.07) is 10.2. The summed E-state index contributed by atoms with van der Waals surface area (Å²) in [5.41, 5.74) is 5.49. The Labute approximate surface area is 168 Å². The Hall–Kier alpha value is -2.62. The summed E-state index contributed by atoms with van der Waals surface area (Å²) in [6.07, 6.45) is 1.88. The van der Waals surface area contributed by atoms with Crippen LogP contribution in [0, 0.1) is 6.92 Å². The fraction of sp³-hybridized carbons (Fsp3) is 0.417. The van der Waals surface area contributed by atoms with E-state index in [1.165, 1.54) is 0 Å². The highest BCUT2D eigenvalue weighted by atomic mass is 16.3. The fourth-order valence-electron chi connectivity index (χ4n) is 3.41. The van der Waals surface area contributed by atoms with Crippen LogP contribution in [0.1, 0.15) is 64.1 Å². The van der Waals surface area contributed by atoms with Gasteiger partial charge in [-0.25, -0.2) is 4.98 Å². The molecule has 0 spiro atoms. The number of aromatic nitrogens is 2. The zero-order chi connectivity index (χ0) is 20.9. The first-order valence-electron chi connectivity index (χ1n) is 9.73. The van der Waals surface area contributed by atoms with E-state index in [0.717, 1.165) is 39.2 Å². The second kappa shape index (κ2) is 6.77. The van der Waals surface area contributed by atoms with Crippen molar-refractivity contribution >= 4 is 22.9 Å². The predicted octanol–water partition coefficient (Wildman–Crippen LogP) is 5.93. The molecule has 4 heteroatoms. The highest BCUT2D eigenvalue weighted by Crippen LogP contribution is 2.39. The van der Waals surface area contributed by atoms with E-state index in [1.807, 2.05) is 44.5 Å². The number of phenolic OH excluding ortho intramolecular Hbond substituents is 1. The number of fused-ring (bicyclic) bond motifs is 1. The number of rotatable bonds is 2. The lowest BCUT2D eigenvalue weighted by Gasteiger charge is -2.27. The third kappa shape index (κ3) is 3.82. The molecule has 148 valence electrons. The number of hydrogen-bond donors (Lipinski definition) is 1. The Morgan fingerprint density at radius 2 is 1.54 bits per heavy atom. The molecule has 1 aromatic heterocycles. The van der Waals surface area contributed by atoms with Crippen molar-refractivity contribution < 1.29 is 5.11 Å². The molecule has 0 radical (unpaired) electrons. The molecule has 1 N–H and O–H groups in total. The molecule has 0 aliphatic carbocycles. The van der Waals surface area contributed by atoms with Gasteiger partial charge in [0.05, 0.1) is 16.7 Å². The van der Waals surface area contributed by atoms with E-state index in [9.17, 15) is 5.11 Å². The summed E-state index contributed by atoms with van der Waals surface area (Å²) < 4.78 is 2.08. The van der Waals surface area contributed by atoms with Crippen LogP contribution < -0.4 is 0 Å². The SMILES string of the molecule is Cc1nc2cc(N=Cc3cc(C(C)(C)C)c(O)c(C(C)(C)C)c3)ccc2n1C. The molecule has 1 heterocycles. The second-order valence-electron chi connectivity index (χ2n) is 9.61. The number of imidazole rings is 1. The maximum absolute atomic E-state index is 10.9. The van der Waals surface area contributed by atoms with Gasteiger partial charge >= 0.3 is 0 Å². The van der Waals surface area contributed by atoms with Crippen LogP contribution >= 0.6 is 0 Å². The van der Waals surface area contributed by atoms with Gasteiger partial charge < -0.3 is 9.67 Å². The fourth-order valence-corrected chi connectivity index (χ4v) is 3.41. The van der Waals surface area contributed by atoms with Crippen LogP contribution in [-0.2, 0) is 17.9 Å². The maximum atomic E-state index is 10.9. The van der Waals surface area contributed by atoms with Gasteiger partial charge in [0, 0.05) is 24.4 Å². The number of aliphatic imine (C=N–C) groups is 1. The molecular weight excluding hydrogens is 346 g/mol. The van der Waals surface area contributed by atoms with Crippen LogP contribution in [0.4, 0.5) is 5.69 Å². The van der Waals surface area contributed by atoms with E-state index in [2.05, 4.69) is 62.2 Å². The van der Waals surface area contributed by atoms with E-state index in [4.69, 9.17) is 0 Å². The van der Waals surface area contributed by atoms with Crippen LogP contribution in [0.25, 0.3) is 11.0 Å². The monoisotopic (exact) mass is 377 g/mol. The largest absolute Gasteiger partial charge is 0.507 e. The van der Waals surface area contributed by atoms with Gasteiger partial charge in [-0.3, -0.25) is 4.99 Å². The third-order valence-electron chi connectivity index (χ3n) is 5.20. The zero-order valence-corrected chi connectivity index (χ0v) is 18.3. The lowest BCUT2D eigenvalue weighted by atomic mass is 9.78. The molecule has 0 aliphatic rings. The van der Waals surface area contributed by atoms with Crippen molar-refractivity contribution in [3.05, 3.63) is 52.8 Å². The molecule has 2 aromatic carbocycles. The third-order valence-corrected chi connectivity index (χ3v) is 5.20. The number of benzene rings is 2. The smallest absolute Gasteiger partial charge is 0.123 e. The number of hydrogen-bond acceptors (Lipinski definition) is 3. The van der Waals surface area contributed by atoms with Crippen LogP contribution in [-0.4, -0.2) is 20.9 Å². The predicted molar refractivity (Wildman–Crippen MR) is 118 cm³/mol. The highest BCUT2D eigenvalue weighted by Gasteiger charge is 2.26. The molecule has 0 saturated heterocycles. The van der Waals surface area contributed by atoms with Gasteiger partial charge in [0.25, 0.3) is 0 Å². The molecule has 0 aliphatic heterocycles. The number of aromatic hydroxyl groups is 1. The average Bonchev–Trinajstić information content (AvgIpc) is 2.85. The van der Waals surface area contributed by atoms with Crippen molar-refractivity contribution in [2.45, 2.75) is 59.3 Å². The van der Waals surface area contributed by atoms with Crippen LogP contribution in [0.2, 0.25) is 0 Å². The number of phenols is 1. The summed E-state index contributed by atoms with van der Waals surface area (Å²) in [4.78, 5) is 9.27. The molecule has 0 unspecified atom stereocenters. The number of nitrogens with zero attached hydrogens (tertiary/aromatic N) is 3. The van der Waals surface area contributed by atoms with Crippen LogP contribution in [0.15, 0.2) is 35.3 Å². The lowest BCUT2D eigenvalue weighted by molar-refractivity contribution is 0.423. The molecule has 3 rings (SSSR count). The Balaban J connectivity index is 2.06. The van der Waals surface area contributed by atoms with E-state index < -0.39 is 0 Å². The van der Waals surface area contributed by atoms with E-state index in [0.29, 0.717) is 5.75 Å². The van der Waals surface area contributed by atoms with Crippen molar-refractivity contribution in [3.63, 3.8) is 0 Å². The van der Waals surface area contributed by atoms with Crippen LogP contribution in [0.5, 0.6) is 5.75 Å². The first-order chi connectivity index (χ1) is 12.9. The Morgan fingerprint density at radius 1 is 0.964 bits per heavy atom. The minimum Gasteiger partial charge on any atom is -0.507 e. The van der Waals surface area contributed by atoms with Crippen molar-refractivity contribution in [1.29, 1.82) is 0 Å². The standard InChI is InChI=1S/C24H31N3O/c1-15-26-20-13-17(9-10-21(20)27(15)8)25-14-16-11-18(23(2,3)4)22(28)19(12-16)24(5,6)7/h9-14,28H,1-8H3. The Morgan fingerprint density at radius 3 is 2.07 bits per heavy atom. The van der Waals surface area contributed by atoms with Gasteiger partial charge in [-0.05, 0) is 53.6 Å². The van der Waals surface area contributed by atoms with Gasteiger partial charge in [0.1, 0.15) is 11.6 Å². The molecule has 0 saturated carbocycles. The van der Waals surface area contributed by atoms with Crippen molar-refractivity contribution in [1.82, 2.24) is 9.55 Å². The highest BCUT2D eigenvalue weighted by molar-refractivity contribution is 5.86. The molecule has 0 amide bonds. The van der Waals surface area contributed by atoms with Gasteiger partial charge in [-0.2, -0.15) is 0 Å². The summed E-state index contributed by atoms with van der Waals surface area (Å²) in [6.45, 7) is 14.7. The summed E-state index contributed by atoms with van der Waals surface area (Å²) >= 11 is 0. The van der Waals surface area contributed by atoms with Gasteiger partial charge in [-0.15, -0.1) is 0 Å². The average molecular weight is 378 g/mol. The van der Waals surface area contributed by atoms with Crippen molar-refractivity contribution in [3.8, 4) is 5.75 Å². The summed E-state index contributed by atoms with van der Waals surface area (Å²) in [5, 5.41) is 10.9. The molecule has 0 fully saturated rings. The first kappa shape index (κ1) is 20.1. The van der Waals surface area contributed by atoms with E-state index in [1.54, 1.807) is 0 Å². The van der Waals surface area contributed by atoms with Crippen molar-refractivity contribution in [2.24, 2.45) is 12.0 Å². The molecule has 0 bridgehead atoms. The maximum Gasteiger partial charge on any atom is 0.123 e. The molecule has 0 atom stereocenters. The topological polar surface area (TPSA) is 50.4 Å². The minimum absolute atomic E-state index is 0.154. The van der Waals surface area contributed by atoms with Gasteiger partial charge in [0.15, 0.2) is 0 Å². The van der Waals surface area contributed by atoms with Crippen LogP contribution in [0.3, 0.4) is 0 Å². The molecular formula is C24H31N3O. The van der Waals surface area contributed by atoms with Gasteiger partial charge in [-0.1, -0.05) is 41.5 Å². The Kier molecular flexibility index (Phi) is 4.86. The minimum atomic E-state index is -0.154.